The average molecular weight is 416 g/mol. The lowest BCUT2D eigenvalue weighted by molar-refractivity contribution is -0.138. The van der Waals surface area contributed by atoms with Gasteiger partial charge < -0.3 is 14.4 Å². The van der Waals surface area contributed by atoms with Crippen molar-refractivity contribution in [1.29, 1.82) is 0 Å². The Labute approximate surface area is 184 Å². The van der Waals surface area contributed by atoms with Crippen LogP contribution < -0.4 is 4.74 Å². The monoisotopic (exact) mass is 415 g/mol. The predicted molar refractivity (Wildman–Crippen MR) is 122 cm³/mol. The lowest BCUT2D eigenvalue weighted by Crippen LogP contribution is -2.41. The Morgan fingerprint density at radius 3 is 2.19 bits per heavy atom. The second kappa shape index (κ2) is 10.3. The van der Waals surface area contributed by atoms with Crippen molar-refractivity contribution in [3.63, 3.8) is 0 Å². The number of piperidine rings is 1. The molecule has 0 N–H and O–H groups in total. The fourth-order valence-electron chi connectivity index (χ4n) is 4.35. The molecule has 0 aliphatic carbocycles. The Hall–Kier alpha value is -3.11. The summed E-state index contributed by atoms with van der Waals surface area (Å²) in [5.74, 6) is 1.22. The van der Waals surface area contributed by atoms with Crippen LogP contribution in [0, 0.1) is 0 Å². The average Bonchev–Trinajstić information content (AvgIpc) is 2.85. The smallest absolute Gasteiger partial charge is 0.248 e. The zero-order chi connectivity index (χ0) is 21.5. The van der Waals surface area contributed by atoms with E-state index in [1.165, 1.54) is 5.56 Å². The predicted octanol–water partition coefficient (Wildman–Crippen LogP) is 5.21. The second-order valence-corrected chi connectivity index (χ2v) is 7.93. The number of nitrogens with zero attached hydrogens (tertiary/aromatic N) is 1. The number of ether oxygens (including phenoxy) is 2. The third-order valence-electron chi connectivity index (χ3n) is 5.93. The number of methoxy groups -OCH3 is 1. The number of carbonyl (C=O) groups is 1. The van der Waals surface area contributed by atoms with E-state index in [9.17, 15) is 4.79 Å². The molecule has 1 aliphatic rings. The second-order valence-electron chi connectivity index (χ2n) is 7.93. The molecule has 4 rings (SSSR count). The number of hydrogen-bond donors (Lipinski definition) is 0. The van der Waals surface area contributed by atoms with Gasteiger partial charge in [-0.3, -0.25) is 4.79 Å². The molecule has 0 bridgehead atoms. The van der Waals surface area contributed by atoms with Crippen LogP contribution in [-0.2, 0) is 9.53 Å². The van der Waals surface area contributed by atoms with Gasteiger partial charge in [0, 0.05) is 19.0 Å². The molecule has 1 aliphatic heterocycles. The molecule has 31 heavy (non-hydrogen) atoms. The maximum atomic E-state index is 13.1. The van der Waals surface area contributed by atoms with Gasteiger partial charge in [-0.2, -0.15) is 0 Å². The van der Waals surface area contributed by atoms with Crippen LogP contribution in [0.3, 0.4) is 0 Å². The van der Waals surface area contributed by atoms with Crippen LogP contribution in [-0.4, -0.2) is 37.6 Å². The minimum absolute atomic E-state index is 0.0384. The molecule has 160 valence electrons. The van der Waals surface area contributed by atoms with Crippen molar-refractivity contribution in [3.8, 4) is 5.75 Å². The maximum absolute atomic E-state index is 13.1. The minimum atomic E-state index is -0.263. The van der Waals surface area contributed by atoms with E-state index in [1.54, 1.807) is 7.11 Å². The van der Waals surface area contributed by atoms with Crippen molar-refractivity contribution in [2.24, 2.45) is 0 Å². The van der Waals surface area contributed by atoms with Crippen LogP contribution in [0.2, 0.25) is 0 Å². The van der Waals surface area contributed by atoms with Crippen molar-refractivity contribution in [2.45, 2.75) is 24.9 Å². The fraction of sp³-hybridized carbons (Fsp3) is 0.296. The number of rotatable bonds is 7. The molecule has 0 radical (unpaired) electrons. The number of para-hydroxylation sites is 1. The van der Waals surface area contributed by atoms with Crippen LogP contribution in [0.1, 0.15) is 41.6 Å². The zero-order valence-corrected chi connectivity index (χ0v) is 17.9. The van der Waals surface area contributed by atoms with Gasteiger partial charge in [0.1, 0.15) is 18.5 Å². The summed E-state index contributed by atoms with van der Waals surface area (Å²) in [6, 6.07) is 28.3. The van der Waals surface area contributed by atoms with Crippen LogP contribution in [0.5, 0.6) is 5.75 Å². The molecule has 1 fully saturated rings. The lowest BCUT2D eigenvalue weighted by atomic mass is 9.90. The summed E-state index contributed by atoms with van der Waals surface area (Å²) >= 11 is 0. The molecule has 0 saturated carbocycles. The van der Waals surface area contributed by atoms with E-state index in [0.29, 0.717) is 6.54 Å². The molecule has 1 amide bonds. The van der Waals surface area contributed by atoms with Gasteiger partial charge in [0.25, 0.3) is 0 Å². The summed E-state index contributed by atoms with van der Waals surface area (Å²) in [5, 5.41) is 0. The largest absolute Gasteiger partial charge is 0.496 e. The molecule has 3 aromatic rings. The van der Waals surface area contributed by atoms with Crippen molar-refractivity contribution in [2.75, 3.05) is 26.8 Å². The van der Waals surface area contributed by atoms with Crippen LogP contribution in [0.15, 0.2) is 84.9 Å². The molecular formula is C27H29NO3. The van der Waals surface area contributed by atoms with Crippen molar-refractivity contribution in [1.82, 2.24) is 4.90 Å². The zero-order valence-electron chi connectivity index (χ0n) is 17.9. The molecule has 1 saturated heterocycles. The van der Waals surface area contributed by atoms with Crippen LogP contribution in [0.4, 0.5) is 0 Å². The highest BCUT2D eigenvalue weighted by Gasteiger charge is 2.27. The SMILES string of the molecule is COc1ccccc1C1CCCN(C(=O)COC(c2ccccc2)c2ccccc2)C1. The molecule has 3 aromatic carbocycles. The quantitative estimate of drug-likeness (QED) is 0.532. The van der Waals surface area contributed by atoms with Gasteiger partial charge in [-0.05, 0) is 35.6 Å². The molecule has 0 spiro atoms. The summed E-state index contributed by atoms with van der Waals surface area (Å²) in [6.45, 7) is 1.53. The van der Waals surface area contributed by atoms with Gasteiger partial charge in [-0.1, -0.05) is 78.9 Å². The first-order valence-electron chi connectivity index (χ1n) is 10.9. The van der Waals surface area contributed by atoms with E-state index >= 15 is 0 Å². The summed E-state index contributed by atoms with van der Waals surface area (Å²) in [7, 11) is 1.70. The van der Waals surface area contributed by atoms with E-state index in [1.807, 2.05) is 83.8 Å². The third-order valence-corrected chi connectivity index (χ3v) is 5.93. The summed E-state index contributed by atoms with van der Waals surface area (Å²) in [6.07, 6.45) is 1.78. The number of likely N-dealkylation sites (tertiary alicyclic amines) is 1. The molecule has 0 aromatic heterocycles. The lowest BCUT2D eigenvalue weighted by Gasteiger charge is -2.34. The van der Waals surface area contributed by atoms with Crippen molar-refractivity contribution < 1.29 is 14.3 Å². The number of hydrogen-bond acceptors (Lipinski definition) is 3. The first kappa shape index (κ1) is 21.1. The highest BCUT2D eigenvalue weighted by molar-refractivity contribution is 5.77. The first-order valence-corrected chi connectivity index (χ1v) is 10.9. The highest BCUT2D eigenvalue weighted by Crippen LogP contribution is 2.33. The molecule has 4 nitrogen and oxygen atoms in total. The Bertz CT molecular complexity index is 935. The maximum Gasteiger partial charge on any atom is 0.248 e. The Balaban J connectivity index is 1.44. The Kier molecular flexibility index (Phi) is 7.00. The molecule has 1 atom stereocenters. The molecule has 1 heterocycles. The van der Waals surface area contributed by atoms with E-state index in [2.05, 4.69) is 6.07 Å². The van der Waals surface area contributed by atoms with Crippen LogP contribution >= 0.6 is 0 Å². The van der Waals surface area contributed by atoms with E-state index in [0.717, 1.165) is 36.3 Å². The third kappa shape index (κ3) is 5.15. The fourth-order valence-corrected chi connectivity index (χ4v) is 4.35. The molecule has 4 heteroatoms. The standard InChI is InChI=1S/C27H29NO3/c1-30-25-17-9-8-16-24(25)23-15-10-18-28(19-23)26(29)20-31-27(21-11-4-2-5-12-21)22-13-6-3-7-14-22/h2-9,11-14,16-17,23,27H,10,15,18-20H2,1H3. The van der Waals surface area contributed by atoms with Gasteiger partial charge in [-0.15, -0.1) is 0 Å². The topological polar surface area (TPSA) is 38.8 Å². The van der Waals surface area contributed by atoms with Gasteiger partial charge in [0.15, 0.2) is 0 Å². The molecular weight excluding hydrogens is 386 g/mol. The van der Waals surface area contributed by atoms with Gasteiger partial charge in [0.05, 0.1) is 7.11 Å². The Morgan fingerprint density at radius 1 is 0.935 bits per heavy atom. The van der Waals surface area contributed by atoms with Crippen LogP contribution in [0.25, 0.3) is 0 Å². The van der Waals surface area contributed by atoms with Gasteiger partial charge in [0.2, 0.25) is 5.91 Å². The van der Waals surface area contributed by atoms with E-state index < -0.39 is 0 Å². The first-order chi connectivity index (χ1) is 15.3. The Morgan fingerprint density at radius 2 is 1.55 bits per heavy atom. The number of benzene rings is 3. The number of amides is 1. The van der Waals surface area contributed by atoms with Crippen molar-refractivity contribution in [3.05, 3.63) is 102 Å². The van der Waals surface area contributed by atoms with Gasteiger partial charge in [-0.25, -0.2) is 0 Å². The van der Waals surface area contributed by atoms with Crippen molar-refractivity contribution >= 4 is 5.91 Å². The minimum Gasteiger partial charge on any atom is -0.496 e. The highest BCUT2D eigenvalue weighted by atomic mass is 16.5. The summed E-state index contributed by atoms with van der Waals surface area (Å²) in [4.78, 5) is 15.0. The molecule has 1 unspecified atom stereocenters. The number of carbonyl (C=O) groups excluding carboxylic acids is 1. The summed E-state index contributed by atoms with van der Waals surface area (Å²) in [5.41, 5.74) is 3.27. The normalized spacial score (nSPS) is 16.3. The van der Waals surface area contributed by atoms with E-state index in [4.69, 9.17) is 9.47 Å². The summed E-state index contributed by atoms with van der Waals surface area (Å²) < 4.78 is 11.7. The van der Waals surface area contributed by atoms with E-state index in [-0.39, 0.29) is 24.5 Å². The van der Waals surface area contributed by atoms with Gasteiger partial charge >= 0.3 is 0 Å².